The third-order valence-electron chi connectivity index (χ3n) is 4.18. The van der Waals surface area contributed by atoms with Crippen molar-refractivity contribution < 1.29 is 8.42 Å². The molecule has 0 radical (unpaired) electrons. The lowest BCUT2D eigenvalue weighted by Crippen LogP contribution is -2.18. The highest BCUT2D eigenvalue weighted by Gasteiger charge is 2.11. The van der Waals surface area contributed by atoms with Crippen molar-refractivity contribution in [3.63, 3.8) is 0 Å². The molecule has 3 rings (SSSR count). The highest BCUT2D eigenvalue weighted by Crippen LogP contribution is 2.21. The summed E-state index contributed by atoms with van der Waals surface area (Å²) in [5, 5.41) is 3.25. The van der Waals surface area contributed by atoms with E-state index in [1.54, 1.807) is 12.1 Å². The van der Waals surface area contributed by atoms with Gasteiger partial charge in [0.15, 0.2) is 0 Å². The van der Waals surface area contributed by atoms with E-state index in [1.807, 2.05) is 56.3 Å². The highest BCUT2D eigenvalue weighted by molar-refractivity contribution is 7.92. The summed E-state index contributed by atoms with van der Waals surface area (Å²) in [6, 6.07) is 19.2. The van der Waals surface area contributed by atoms with E-state index in [1.165, 1.54) is 11.8 Å². The van der Waals surface area contributed by atoms with Crippen LogP contribution in [0.5, 0.6) is 0 Å². The van der Waals surface area contributed by atoms with Gasteiger partial charge in [0.1, 0.15) is 5.82 Å². The van der Waals surface area contributed by atoms with E-state index in [0.29, 0.717) is 17.9 Å². The van der Waals surface area contributed by atoms with Crippen LogP contribution in [0.25, 0.3) is 0 Å². The first-order valence-electron chi connectivity index (χ1n) is 8.76. The van der Waals surface area contributed by atoms with Crippen molar-refractivity contribution in [2.45, 2.75) is 20.3 Å². The number of aromatic nitrogens is 1. The molecule has 27 heavy (non-hydrogen) atoms. The van der Waals surface area contributed by atoms with Crippen LogP contribution >= 0.6 is 0 Å². The second-order valence-corrected chi connectivity index (χ2v) is 8.37. The Bertz CT molecular complexity index is 1000. The molecule has 2 aromatic carbocycles. The summed E-state index contributed by atoms with van der Waals surface area (Å²) in [6.45, 7) is 4.08. The van der Waals surface area contributed by atoms with Crippen LogP contribution in [0.15, 0.2) is 66.9 Å². The van der Waals surface area contributed by atoms with E-state index in [-0.39, 0.29) is 5.75 Å². The molecule has 1 aromatic heterocycles. The fraction of sp³-hybridized carbons (Fsp3) is 0.190. The maximum Gasteiger partial charge on any atom is 0.233 e. The van der Waals surface area contributed by atoms with Gasteiger partial charge < -0.3 is 5.32 Å². The van der Waals surface area contributed by atoms with Gasteiger partial charge >= 0.3 is 0 Å². The molecule has 0 saturated carbocycles. The number of hydrogen-bond acceptors (Lipinski definition) is 4. The zero-order valence-electron chi connectivity index (χ0n) is 15.4. The third kappa shape index (κ3) is 5.56. The smallest absolute Gasteiger partial charge is 0.233 e. The molecule has 0 fully saturated rings. The van der Waals surface area contributed by atoms with Crippen molar-refractivity contribution in [2.75, 3.05) is 15.8 Å². The molecule has 2 N–H and O–H groups in total. The number of rotatable bonds is 7. The fourth-order valence-electron chi connectivity index (χ4n) is 2.75. The van der Waals surface area contributed by atoms with Crippen LogP contribution in [0.1, 0.15) is 16.7 Å². The van der Waals surface area contributed by atoms with Gasteiger partial charge in [-0.1, -0.05) is 48.0 Å². The molecule has 0 atom stereocenters. The van der Waals surface area contributed by atoms with E-state index in [2.05, 4.69) is 21.1 Å². The monoisotopic (exact) mass is 381 g/mol. The normalized spacial score (nSPS) is 11.2. The summed E-state index contributed by atoms with van der Waals surface area (Å²) in [5.41, 5.74) is 4.75. The molecule has 0 aliphatic heterocycles. The quantitative estimate of drug-likeness (QED) is 0.635. The predicted octanol–water partition coefficient (Wildman–Crippen LogP) is 4.43. The Morgan fingerprint density at radius 2 is 1.74 bits per heavy atom. The zero-order valence-corrected chi connectivity index (χ0v) is 16.3. The zero-order chi connectivity index (χ0) is 19.3. The molecule has 1 heterocycles. The van der Waals surface area contributed by atoms with Crippen molar-refractivity contribution in [2.24, 2.45) is 0 Å². The van der Waals surface area contributed by atoms with Crippen LogP contribution in [-0.2, 0) is 16.4 Å². The van der Waals surface area contributed by atoms with Crippen molar-refractivity contribution in [3.05, 3.63) is 83.6 Å². The topological polar surface area (TPSA) is 71.1 Å². The first-order valence-corrected chi connectivity index (χ1v) is 10.4. The first-order chi connectivity index (χ1) is 12.9. The summed E-state index contributed by atoms with van der Waals surface area (Å²) < 4.78 is 27.1. The SMILES string of the molecule is Cc1ccc(Nc2ccc(NS(=O)(=O)CCc3ccccc3)cn2)c(C)c1. The third-order valence-corrected chi connectivity index (χ3v) is 5.47. The molecule has 0 aliphatic rings. The number of sulfonamides is 1. The molecule has 0 saturated heterocycles. The van der Waals surface area contributed by atoms with Gasteiger partial charge in [-0.15, -0.1) is 0 Å². The summed E-state index contributed by atoms with van der Waals surface area (Å²) >= 11 is 0. The molecule has 140 valence electrons. The number of benzene rings is 2. The molecule has 6 heteroatoms. The number of pyridine rings is 1. The molecule has 0 aliphatic carbocycles. The van der Waals surface area contributed by atoms with Gasteiger partial charge in [-0.05, 0) is 49.6 Å². The maximum atomic E-state index is 12.3. The molecule has 3 aromatic rings. The minimum atomic E-state index is -3.43. The Labute approximate surface area is 160 Å². The average molecular weight is 382 g/mol. The van der Waals surface area contributed by atoms with E-state index >= 15 is 0 Å². The number of nitrogens with one attached hydrogen (secondary N) is 2. The lowest BCUT2D eigenvalue weighted by molar-refractivity contribution is 0.600. The standard InChI is InChI=1S/C21H23N3O2S/c1-16-8-10-20(17(2)14-16)23-21-11-9-19(15-22-21)24-27(25,26)13-12-18-6-4-3-5-7-18/h3-11,14-15,24H,12-13H2,1-2H3,(H,22,23). The van der Waals surface area contributed by atoms with Crippen molar-refractivity contribution in [1.82, 2.24) is 4.98 Å². The van der Waals surface area contributed by atoms with Gasteiger partial charge in [0.2, 0.25) is 10.0 Å². The molecule has 0 bridgehead atoms. The molecule has 0 spiro atoms. The van der Waals surface area contributed by atoms with Crippen LogP contribution < -0.4 is 10.0 Å². The Hall–Kier alpha value is -2.86. The molecule has 0 amide bonds. The van der Waals surface area contributed by atoms with Gasteiger partial charge in [-0.3, -0.25) is 4.72 Å². The Kier molecular flexibility index (Phi) is 5.76. The maximum absolute atomic E-state index is 12.3. The minimum absolute atomic E-state index is 0.0274. The number of aryl methyl sites for hydroxylation is 3. The van der Waals surface area contributed by atoms with Crippen molar-refractivity contribution in [3.8, 4) is 0 Å². The van der Waals surface area contributed by atoms with Gasteiger partial charge in [-0.25, -0.2) is 13.4 Å². The van der Waals surface area contributed by atoms with Crippen LogP contribution in [0.4, 0.5) is 17.2 Å². The average Bonchev–Trinajstić information content (AvgIpc) is 2.65. The highest BCUT2D eigenvalue weighted by atomic mass is 32.2. The molecular weight excluding hydrogens is 358 g/mol. The van der Waals surface area contributed by atoms with Crippen molar-refractivity contribution >= 4 is 27.2 Å². The summed E-state index contributed by atoms with van der Waals surface area (Å²) in [7, 11) is -3.43. The lowest BCUT2D eigenvalue weighted by Gasteiger charge is -2.11. The van der Waals surface area contributed by atoms with Crippen LogP contribution in [0, 0.1) is 13.8 Å². The summed E-state index contributed by atoms with van der Waals surface area (Å²) in [6.07, 6.45) is 1.99. The minimum Gasteiger partial charge on any atom is -0.340 e. The number of anilines is 3. The molecule has 5 nitrogen and oxygen atoms in total. The van der Waals surface area contributed by atoms with E-state index < -0.39 is 10.0 Å². The Morgan fingerprint density at radius 1 is 0.963 bits per heavy atom. The number of nitrogens with zero attached hydrogens (tertiary/aromatic N) is 1. The lowest BCUT2D eigenvalue weighted by atomic mass is 10.1. The number of hydrogen-bond donors (Lipinski definition) is 2. The van der Waals surface area contributed by atoms with E-state index in [9.17, 15) is 8.42 Å². The summed E-state index contributed by atoms with van der Waals surface area (Å²) in [5.74, 6) is 0.689. The van der Waals surface area contributed by atoms with Gasteiger partial charge in [0, 0.05) is 5.69 Å². The van der Waals surface area contributed by atoms with Crippen LogP contribution in [0.2, 0.25) is 0 Å². The van der Waals surface area contributed by atoms with Gasteiger partial charge in [0.25, 0.3) is 0 Å². The second-order valence-electron chi connectivity index (χ2n) is 6.53. The summed E-state index contributed by atoms with van der Waals surface area (Å²) in [4.78, 5) is 4.30. The van der Waals surface area contributed by atoms with E-state index in [4.69, 9.17) is 0 Å². The molecular formula is C21H23N3O2S. The van der Waals surface area contributed by atoms with Gasteiger partial charge in [-0.2, -0.15) is 0 Å². The Balaban J connectivity index is 1.61. The fourth-order valence-corrected chi connectivity index (χ4v) is 3.83. The van der Waals surface area contributed by atoms with E-state index in [0.717, 1.165) is 16.8 Å². The van der Waals surface area contributed by atoms with Crippen molar-refractivity contribution in [1.29, 1.82) is 0 Å². The molecule has 0 unspecified atom stereocenters. The van der Waals surface area contributed by atoms with Crippen LogP contribution in [-0.4, -0.2) is 19.2 Å². The first kappa shape index (κ1) is 18.9. The van der Waals surface area contributed by atoms with Crippen LogP contribution in [0.3, 0.4) is 0 Å². The van der Waals surface area contributed by atoms with Gasteiger partial charge in [0.05, 0.1) is 17.6 Å². The predicted molar refractivity (Wildman–Crippen MR) is 111 cm³/mol. The largest absolute Gasteiger partial charge is 0.340 e. The second kappa shape index (κ2) is 8.22. The Morgan fingerprint density at radius 3 is 2.41 bits per heavy atom.